The van der Waals surface area contributed by atoms with Crippen LogP contribution in [0.25, 0.3) is 0 Å². The highest BCUT2D eigenvalue weighted by Gasteiger charge is 2.33. The lowest BCUT2D eigenvalue weighted by atomic mass is 10.1. The number of imide groups is 1. The molecular formula is C21H30N4O4. The molecule has 0 bridgehead atoms. The molecule has 158 valence electrons. The van der Waals surface area contributed by atoms with E-state index in [0.717, 1.165) is 44.9 Å². The fourth-order valence-electron chi connectivity index (χ4n) is 3.74. The molecule has 2 saturated heterocycles. The van der Waals surface area contributed by atoms with Crippen molar-refractivity contribution in [3.05, 3.63) is 29.8 Å². The lowest BCUT2D eigenvalue weighted by Gasteiger charge is -2.35. The number of nitrogens with zero attached hydrogens (tertiary/aromatic N) is 4. The van der Waals surface area contributed by atoms with E-state index in [-0.39, 0.29) is 24.4 Å². The fraction of sp³-hybridized carbons (Fsp3) is 0.571. The van der Waals surface area contributed by atoms with Gasteiger partial charge >= 0.3 is 6.03 Å². The largest absolute Gasteiger partial charge is 0.497 e. The van der Waals surface area contributed by atoms with Crippen molar-refractivity contribution in [2.24, 2.45) is 0 Å². The van der Waals surface area contributed by atoms with E-state index in [1.807, 2.05) is 17.0 Å². The Morgan fingerprint density at radius 2 is 1.72 bits per heavy atom. The van der Waals surface area contributed by atoms with E-state index < -0.39 is 0 Å². The van der Waals surface area contributed by atoms with Gasteiger partial charge in [0.05, 0.1) is 7.11 Å². The van der Waals surface area contributed by atoms with E-state index in [1.165, 1.54) is 15.4 Å². The molecule has 0 unspecified atom stereocenters. The number of likely N-dealkylation sites (N-methyl/N-ethyl adjacent to an activating group) is 1. The highest BCUT2D eigenvalue weighted by molar-refractivity contribution is 6.01. The molecule has 8 heteroatoms. The molecule has 2 fully saturated rings. The van der Waals surface area contributed by atoms with Gasteiger partial charge in [-0.25, -0.2) is 4.79 Å². The molecule has 29 heavy (non-hydrogen) atoms. The van der Waals surface area contributed by atoms with E-state index in [2.05, 4.69) is 17.0 Å². The Labute approximate surface area is 172 Å². The van der Waals surface area contributed by atoms with Gasteiger partial charge in [-0.2, -0.15) is 0 Å². The summed E-state index contributed by atoms with van der Waals surface area (Å²) in [7, 11) is 3.28. The Kier molecular flexibility index (Phi) is 7.09. The number of amides is 4. The second-order valence-corrected chi connectivity index (χ2v) is 7.61. The second-order valence-electron chi connectivity index (χ2n) is 7.61. The van der Waals surface area contributed by atoms with Gasteiger partial charge in [0.25, 0.3) is 0 Å². The molecule has 4 amide bonds. The molecule has 1 aromatic carbocycles. The van der Waals surface area contributed by atoms with Gasteiger partial charge < -0.3 is 14.5 Å². The molecule has 2 aliphatic heterocycles. The summed E-state index contributed by atoms with van der Waals surface area (Å²) >= 11 is 0. The third kappa shape index (κ3) is 5.47. The summed E-state index contributed by atoms with van der Waals surface area (Å²) in [5.74, 6) is 0.786. The van der Waals surface area contributed by atoms with Crippen molar-refractivity contribution in [1.82, 2.24) is 19.6 Å². The highest BCUT2D eigenvalue weighted by atomic mass is 16.5. The summed E-state index contributed by atoms with van der Waals surface area (Å²) < 4.78 is 5.18. The van der Waals surface area contributed by atoms with E-state index in [1.54, 1.807) is 14.2 Å². The summed E-state index contributed by atoms with van der Waals surface area (Å²) in [4.78, 5) is 43.0. The monoisotopic (exact) mass is 402 g/mol. The van der Waals surface area contributed by atoms with Crippen molar-refractivity contribution in [2.75, 3.05) is 60.0 Å². The molecule has 2 heterocycles. The molecule has 0 atom stereocenters. The van der Waals surface area contributed by atoms with Crippen LogP contribution in [0.4, 0.5) is 4.79 Å². The quantitative estimate of drug-likeness (QED) is 0.608. The molecule has 0 radical (unpaired) electrons. The summed E-state index contributed by atoms with van der Waals surface area (Å²) in [6, 6.07) is 7.87. The summed E-state index contributed by atoms with van der Waals surface area (Å²) in [6.07, 6.45) is 1.86. The number of carbonyl (C=O) groups is 3. The van der Waals surface area contributed by atoms with Crippen LogP contribution in [-0.4, -0.2) is 97.4 Å². The van der Waals surface area contributed by atoms with Crippen LogP contribution in [0.15, 0.2) is 24.3 Å². The standard InChI is InChI=1S/C21H30N4O4/c1-22-16-20(27)25(21(22)28)10-3-4-19(26)24-14-12-23(13-15-24)11-9-17-5-7-18(29-2)8-6-17/h5-8H,3-4,9-16H2,1-2H3. The van der Waals surface area contributed by atoms with Gasteiger partial charge in [-0.15, -0.1) is 0 Å². The zero-order valence-corrected chi connectivity index (χ0v) is 17.3. The maximum absolute atomic E-state index is 12.4. The van der Waals surface area contributed by atoms with Gasteiger partial charge in [-0.3, -0.25) is 19.4 Å². The van der Waals surface area contributed by atoms with Crippen LogP contribution in [0.5, 0.6) is 5.75 Å². The van der Waals surface area contributed by atoms with E-state index in [0.29, 0.717) is 19.4 Å². The van der Waals surface area contributed by atoms with Crippen molar-refractivity contribution < 1.29 is 19.1 Å². The van der Waals surface area contributed by atoms with Crippen LogP contribution in [0, 0.1) is 0 Å². The molecule has 0 N–H and O–H groups in total. The van der Waals surface area contributed by atoms with Crippen LogP contribution in [0.3, 0.4) is 0 Å². The van der Waals surface area contributed by atoms with Gasteiger partial charge in [0, 0.05) is 52.7 Å². The molecule has 2 aliphatic rings. The van der Waals surface area contributed by atoms with E-state index >= 15 is 0 Å². The van der Waals surface area contributed by atoms with Crippen LogP contribution in [0.1, 0.15) is 18.4 Å². The van der Waals surface area contributed by atoms with Crippen LogP contribution in [-0.2, 0) is 16.0 Å². The summed E-state index contributed by atoms with van der Waals surface area (Å²) in [6.45, 7) is 4.62. The number of methoxy groups -OCH3 is 1. The number of urea groups is 1. The van der Waals surface area contributed by atoms with E-state index in [4.69, 9.17) is 4.74 Å². The third-order valence-electron chi connectivity index (χ3n) is 5.60. The summed E-state index contributed by atoms with van der Waals surface area (Å²) in [5, 5.41) is 0. The molecule has 0 aliphatic carbocycles. The molecular weight excluding hydrogens is 372 g/mol. The minimum Gasteiger partial charge on any atom is -0.497 e. The van der Waals surface area contributed by atoms with Crippen LogP contribution in [0.2, 0.25) is 0 Å². The van der Waals surface area contributed by atoms with Crippen LogP contribution >= 0.6 is 0 Å². The average Bonchev–Trinajstić information content (AvgIpc) is 2.98. The van der Waals surface area contributed by atoms with Crippen molar-refractivity contribution in [1.29, 1.82) is 0 Å². The maximum atomic E-state index is 12.4. The van der Waals surface area contributed by atoms with Gasteiger partial charge in [0.1, 0.15) is 12.3 Å². The molecule has 0 aromatic heterocycles. The Balaban J connectivity index is 1.33. The van der Waals surface area contributed by atoms with Gasteiger partial charge in [-0.05, 0) is 30.5 Å². The lowest BCUT2D eigenvalue weighted by molar-refractivity contribution is -0.133. The van der Waals surface area contributed by atoms with Gasteiger partial charge in [0.15, 0.2) is 0 Å². The zero-order valence-electron chi connectivity index (χ0n) is 17.3. The Morgan fingerprint density at radius 1 is 1.03 bits per heavy atom. The first-order valence-electron chi connectivity index (χ1n) is 10.2. The van der Waals surface area contributed by atoms with Crippen molar-refractivity contribution >= 4 is 17.8 Å². The second kappa shape index (κ2) is 9.73. The molecule has 0 spiro atoms. The predicted molar refractivity (Wildman–Crippen MR) is 109 cm³/mol. The van der Waals surface area contributed by atoms with Crippen molar-refractivity contribution in [3.8, 4) is 5.75 Å². The molecule has 3 rings (SSSR count). The number of hydrogen-bond acceptors (Lipinski definition) is 5. The summed E-state index contributed by atoms with van der Waals surface area (Å²) in [5.41, 5.74) is 1.28. The number of rotatable bonds is 8. The zero-order chi connectivity index (χ0) is 20.8. The first kappa shape index (κ1) is 21.1. The average molecular weight is 402 g/mol. The first-order chi connectivity index (χ1) is 14.0. The molecule has 8 nitrogen and oxygen atoms in total. The number of benzene rings is 1. The minimum atomic E-state index is -0.270. The van der Waals surface area contributed by atoms with Crippen molar-refractivity contribution in [3.63, 3.8) is 0 Å². The Hall–Kier alpha value is -2.61. The number of carbonyl (C=O) groups excluding carboxylic acids is 3. The van der Waals surface area contributed by atoms with Crippen molar-refractivity contribution in [2.45, 2.75) is 19.3 Å². The Bertz CT molecular complexity index is 729. The topological polar surface area (TPSA) is 73.4 Å². The molecule has 0 saturated carbocycles. The van der Waals surface area contributed by atoms with E-state index in [9.17, 15) is 14.4 Å². The number of ether oxygens (including phenoxy) is 1. The fourth-order valence-corrected chi connectivity index (χ4v) is 3.74. The lowest BCUT2D eigenvalue weighted by Crippen LogP contribution is -2.49. The SMILES string of the molecule is COc1ccc(CCN2CCN(C(=O)CCCN3C(=O)CN(C)C3=O)CC2)cc1. The normalized spacial score (nSPS) is 17.9. The van der Waals surface area contributed by atoms with Gasteiger partial charge in [0.2, 0.25) is 11.8 Å². The Morgan fingerprint density at radius 3 is 2.31 bits per heavy atom. The minimum absolute atomic E-state index is 0.104. The molecule has 1 aromatic rings. The van der Waals surface area contributed by atoms with Crippen LogP contribution < -0.4 is 4.74 Å². The smallest absolute Gasteiger partial charge is 0.326 e. The number of piperazine rings is 1. The third-order valence-corrected chi connectivity index (χ3v) is 5.60. The highest BCUT2D eigenvalue weighted by Crippen LogP contribution is 2.13. The van der Waals surface area contributed by atoms with Gasteiger partial charge in [-0.1, -0.05) is 12.1 Å². The maximum Gasteiger partial charge on any atom is 0.326 e. The first-order valence-corrected chi connectivity index (χ1v) is 10.2. The number of hydrogen-bond donors (Lipinski definition) is 0. The predicted octanol–water partition coefficient (Wildman–Crippen LogP) is 1.06.